The second-order valence-electron chi connectivity index (χ2n) is 7.36. The summed E-state index contributed by atoms with van der Waals surface area (Å²) in [5.41, 5.74) is 15.7. The van der Waals surface area contributed by atoms with Crippen molar-refractivity contribution in [2.45, 2.75) is 32.6 Å². The number of nitrogens with zero attached hydrogens (tertiary/aromatic N) is 3. The summed E-state index contributed by atoms with van der Waals surface area (Å²) in [6, 6.07) is 3.45. The fourth-order valence-electron chi connectivity index (χ4n) is 3.88. The van der Waals surface area contributed by atoms with Gasteiger partial charge in [-0.1, -0.05) is 6.07 Å². The zero-order valence-corrected chi connectivity index (χ0v) is 16.0. The number of hydrogen-bond donors (Lipinski definition) is 4. The highest BCUT2D eigenvalue weighted by molar-refractivity contribution is 6.07. The predicted molar refractivity (Wildman–Crippen MR) is 107 cm³/mol. The van der Waals surface area contributed by atoms with Crippen LogP contribution >= 0.6 is 0 Å². The Morgan fingerprint density at radius 1 is 1.29 bits per heavy atom. The van der Waals surface area contributed by atoms with Crippen molar-refractivity contribution in [1.29, 1.82) is 0 Å². The fourth-order valence-corrected chi connectivity index (χ4v) is 3.88. The molecule has 6 N–H and O–H groups in total. The number of rotatable bonds is 3. The van der Waals surface area contributed by atoms with Crippen LogP contribution in [0.25, 0.3) is 16.8 Å². The lowest BCUT2D eigenvalue weighted by Gasteiger charge is -2.19. The van der Waals surface area contributed by atoms with Gasteiger partial charge in [0.2, 0.25) is 0 Å². The molecule has 1 amide bonds. The van der Waals surface area contributed by atoms with Gasteiger partial charge in [0.25, 0.3) is 5.91 Å². The monoisotopic (exact) mass is 380 g/mol. The lowest BCUT2D eigenvalue weighted by atomic mass is 9.94. The number of carbonyl (C=O) groups is 1. The van der Waals surface area contributed by atoms with Crippen LogP contribution in [0, 0.1) is 13.8 Å². The number of nitrogens with one attached hydrogen (secondary N) is 1. The Kier molecular flexibility index (Phi) is 4.43. The lowest BCUT2D eigenvalue weighted by molar-refractivity contribution is 0.100. The van der Waals surface area contributed by atoms with Crippen LogP contribution in [0.3, 0.4) is 0 Å². The summed E-state index contributed by atoms with van der Waals surface area (Å²) in [5, 5.41) is 18.4. The van der Waals surface area contributed by atoms with Crippen molar-refractivity contribution in [2.75, 3.05) is 18.8 Å². The number of nitrogens with two attached hydrogens (primary N) is 2. The van der Waals surface area contributed by atoms with Crippen LogP contribution < -0.4 is 16.8 Å². The van der Waals surface area contributed by atoms with E-state index >= 15 is 0 Å². The van der Waals surface area contributed by atoms with E-state index in [-0.39, 0.29) is 22.9 Å². The molecule has 28 heavy (non-hydrogen) atoms. The van der Waals surface area contributed by atoms with Gasteiger partial charge < -0.3 is 21.9 Å². The molecule has 1 aliphatic heterocycles. The van der Waals surface area contributed by atoms with E-state index in [2.05, 4.69) is 15.4 Å². The molecule has 0 aliphatic carbocycles. The number of aryl methyl sites for hydroxylation is 1. The fraction of sp³-hybridized carbons (Fsp3) is 0.350. The smallest absolute Gasteiger partial charge is 0.254 e. The third kappa shape index (κ3) is 2.86. The summed E-state index contributed by atoms with van der Waals surface area (Å²) in [6.45, 7) is 5.67. The van der Waals surface area contributed by atoms with Gasteiger partial charge in [-0.2, -0.15) is 5.10 Å². The van der Waals surface area contributed by atoms with Crippen molar-refractivity contribution in [2.24, 2.45) is 5.73 Å². The molecule has 0 atom stereocenters. The molecule has 1 aromatic carbocycles. The lowest BCUT2D eigenvalue weighted by Crippen LogP contribution is -2.27. The number of nitrogen functional groups attached to an aromatic ring is 1. The number of benzene rings is 1. The Hall–Kier alpha value is -3.13. The quantitative estimate of drug-likeness (QED) is 0.548. The minimum absolute atomic E-state index is 0.0864. The number of phenolic OH excluding ortho intramolecular Hbond substituents is 1. The largest absolute Gasteiger partial charge is 0.507 e. The molecule has 0 radical (unpaired) electrons. The molecule has 0 unspecified atom stereocenters. The van der Waals surface area contributed by atoms with E-state index in [9.17, 15) is 9.90 Å². The van der Waals surface area contributed by atoms with Crippen molar-refractivity contribution < 1.29 is 9.90 Å². The average Bonchev–Trinajstić information content (AvgIpc) is 3.09. The van der Waals surface area contributed by atoms with E-state index in [1.165, 1.54) is 0 Å². The van der Waals surface area contributed by atoms with Crippen LogP contribution in [0.4, 0.5) is 5.69 Å². The predicted octanol–water partition coefficient (Wildman–Crippen LogP) is 1.87. The highest BCUT2D eigenvalue weighted by Gasteiger charge is 2.25. The van der Waals surface area contributed by atoms with Gasteiger partial charge in [-0.3, -0.25) is 4.79 Å². The van der Waals surface area contributed by atoms with Crippen LogP contribution in [0.1, 0.15) is 46.1 Å². The summed E-state index contributed by atoms with van der Waals surface area (Å²) in [4.78, 5) is 16.8. The van der Waals surface area contributed by atoms with Gasteiger partial charge >= 0.3 is 0 Å². The Morgan fingerprint density at radius 2 is 2.00 bits per heavy atom. The number of hydrogen-bond acceptors (Lipinski definition) is 6. The summed E-state index contributed by atoms with van der Waals surface area (Å²) in [5.74, 6) is 0.327. The van der Waals surface area contributed by atoms with Gasteiger partial charge in [-0.25, -0.2) is 9.50 Å². The minimum Gasteiger partial charge on any atom is -0.507 e. The highest BCUT2D eigenvalue weighted by atomic mass is 16.3. The Bertz CT molecular complexity index is 1080. The first-order valence-electron chi connectivity index (χ1n) is 9.37. The summed E-state index contributed by atoms with van der Waals surface area (Å²) >= 11 is 0. The van der Waals surface area contributed by atoms with Gasteiger partial charge in [0.15, 0.2) is 11.5 Å². The number of anilines is 1. The third-order valence-corrected chi connectivity index (χ3v) is 5.62. The normalized spacial score (nSPS) is 15.2. The molecular formula is C20H24N6O2. The summed E-state index contributed by atoms with van der Waals surface area (Å²) < 4.78 is 1.56. The van der Waals surface area contributed by atoms with E-state index in [1.807, 2.05) is 19.9 Å². The number of aromatic nitrogens is 3. The van der Waals surface area contributed by atoms with Crippen LogP contribution in [-0.2, 0) is 0 Å². The van der Waals surface area contributed by atoms with Gasteiger partial charge in [0.05, 0.1) is 5.69 Å². The molecule has 1 aliphatic rings. The first-order valence-corrected chi connectivity index (χ1v) is 9.37. The minimum atomic E-state index is -0.668. The molecule has 0 spiro atoms. The number of carbonyl (C=O) groups excluding carboxylic acids is 1. The maximum Gasteiger partial charge on any atom is 0.254 e. The second kappa shape index (κ2) is 6.79. The number of aromatic hydroxyl groups is 1. The van der Waals surface area contributed by atoms with Crippen LogP contribution in [0.5, 0.6) is 5.75 Å². The van der Waals surface area contributed by atoms with Crippen LogP contribution in [0.2, 0.25) is 0 Å². The first-order chi connectivity index (χ1) is 13.4. The van der Waals surface area contributed by atoms with Crippen molar-refractivity contribution in [1.82, 2.24) is 19.9 Å². The van der Waals surface area contributed by atoms with E-state index < -0.39 is 5.91 Å². The maximum absolute atomic E-state index is 12.2. The third-order valence-electron chi connectivity index (χ3n) is 5.62. The molecule has 1 saturated heterocycles. The summed E-state index contributed by atoms with van der Waals surface area (Å²) in [7, 11) is 0. The highest BCUT2D eigenvalue weighted by Crippen LogP contribution is 2.39. The molecule has 3 heterocycles. The number of phenols is 1. The molecular weight excluding hydrogens is 356 g/mol. The standard InChI is InChI=1S/C20H24N6O2/c1-10-3-4-14(27)15(11(10)2)13-9-26-20(16(17(13)21)18(22)28)24-19(25-26)12-5-7-23-8-6-12/h3-4,9,12,23,27H,5-8,21H2,1-2H3,(H2,22,28). The maximum atomic E-state index is 12.2. The molecule has 4 rings (SSSR count). The Morgan fingerprint density at radius 3 is 2.68 bits per heavy atom. The SMILES string of the molecule is Cc1ccc(O)c(-c2cn3nc(C4CCNCC4)nc3c(C(N)=O)c2N)c1C. The van der Waals surface area contributed by atoms with Crippen molar-refractivity contribution in [3.05, 3.63) is 40.8 Å². The molecule has 8 heteroatoms. The van der Waals surface area contributed by atoms with Gasteiger partial charge in [-0.15, -0.1) is 0 Å². The van der Waals surface area contributed by atoms with E-state index in [4.69, 9.17) is 11.5 Å². The number of pyridine rings is 1. The number of fused-ring (bicyclic) bond motifs is 1. The van der Waals surface area contributed by atoms with Gasteiger partial charge in [-0.05, 0) is 57.0 Å². The molecule has 2 aromatic heterocycles. The molecule has 0 bridgehead atoms. The second-order valence-corrected chi connectivity index (χ2v) is 7.36. The summed E-state index contributed by atoms with van der Waals surface area (Å²) in [6.07, 6.45) is 3.59. The number of primary amides is 1. The van der Waals surface area contributed by atoms with E-state index in [1.54, 1.807) is 16.8 Å². The average molecular weight is 380 g/mol. The molecule has 1 fully saturated rings. The first kappa shape index (κ1) is 18.2. The zero-order valence-electron chi connectivity index (χ0n) is 16.0. The molecule has 8 nitrogen and oxygen atoms in total. The topological polar surface area (TPSA) is 132 Å². The van der Waals surface area contributed by atoms with Gasteiger partial charge in [0.1, 0.15) is 11.3 Å². The van der Waals surface area contributed by atoms with Gasteiger partial charge in [0, 0.05) is 23.2 Å². The van der Waals surface area contributed by atoms with Crippen LogP contribution in [-0.4, -0.2) is 38.7 Å². The van der Waals surface area contributed by atoms with Crippen molar-refractivity contribution in [3.63, 3.8) is 0 Å². The molecule has 146 valence electrons. The number of amides is 1. The van der Waals surface area contributed by atoms with Crippen LogP contribution in [0.15, 0.2) is 18.3 Å². The Balaban J connectivity index is 1.97. The molecule has 3 aromatic rings. The van der Waals surface area contributed by atoms with E-state index in [0.717, 1.165) is 37.1 Å². The molecule has 0 saturated carbocycles. The number of piperidine rings is 1. The van der Waals surface area contributed by atoms with Crippen molar-refractivity contribution in [3.8, 4) is 16.9 Å². The zero-order chi connectivity index (χ0) is 20.0. The Labute approximate surface area is 162 Å². The van der Waals surface area contributed by atoms with E-state index in [0.29, 0.717) is 22.6 Å². The van der Waals surface area contributed by atoms with Crippen molar-refractivity contribution >= 4 is 17.2 Å².